The van der Waals surface area contributed by atoms with Crippen molar-refractivity contribution < 1.29 is 15.0 Å². The van der Waals surface area contributed by atoms with Gasteiger partial charge in [0, 0.05) is 6.42 Å². The minimum Gasteiger partial charge on any atom is -0.394 e. The van der Waals surface area contributed by atoms with Crippen LogP contribution in [0.2, 0.25) is 0 Å². The molecule has 268 valence electrons. The van der Waals surface area contributed by atoms with Gasteiger partial charge in [-0.05, 0) is 70.6 Å². The number of unbranched alkanes of at least 4 members (excludes halogenated alkanes) is 12. The maximum Gasteiger partial charge on any atom is 0.220 e. The molecule has 0 fully saturated rings. The van der Waals surface area contributed by atoms with Crippen LogP contribution in [0, 0.1) is 0 Å². The zero-order chi connectivity index (χ0) is 34.3. The lowest BCUT2D eigenvalue weighted by Crippen LogP contribution is -2.45. The van der Waals surface area contributed by atoms with E-state index in [-0.39, 0.29) is 12.5 Å². The Morgan fingerprint density at radius 3 is 1.38 bits per heavy atom. The normalized spacial score (nSPS) is 14.0. The van der Waals surface area contributed by atoms with Crippen LogP contribution in [0.1, 0.15) is 162 Å². The van der Waals surface area contributed by atoms with Crippen molar-refractivity contribution >= 4 is 5.91 Å². The number of carbonyl (C=O) groups excluding carboxylic acids is 1. The second-order valence-electron chi connectivity index (χ2n) is 12.6. The van der Waals surface area contributed by atoms with Crippen molar-refractivity contribution in [1.82, 2.24) is 5.32 Å². The Morgan fingerprint density at radius 2 is 0.936 bits per heavy atom. The molecule has 2 unspecified atom stereocenters. The molecule has 0 saturated carbocycles. The zero-order valence-electron chi connectivity index (χ0n) is 30.5. The highest BCUT2D eigenvalue weighted by molar-refractivity contribution is 5.76. The Hall–Kier alpha value is -2.43. The smallest absolute Gasteiger partial charge is 0.220 e. The second-order valence-corrected chi connectivity index (χ2v) is 12.6. The molecular weight excluding hydrogens is 578 g/mol. The van der Waals surface area contributed by atoms with Crippen LogP contribution in [0.15, 0.2) is 85.1 Å². The number of rotatable bonds is 33. The number of aliphatic hydroxyl groups is 2. The van der Waals surface area contributed by atoms with Gasteiger partial charge in [0.05, 0.1) is 18.8 Å². The van der Waals surface area contributed by atoms with Crippen LogP contribution in [0.4, 0.5) is 0 Å². The molecular formula is C43H73NO3. The maximum atomic E-state index is 12.2. The summed E-state index contributed by atoms with van der Waals surface area (Å²) in [5, 5.41) is 22.6. The van der Waals surface area contributed by atoms with Crippen LogP contribution in [-0.4, -0.2) is 34.9 Å². The first-order valence-electron chi connectivity index (χ1n) is 19.3. The average Bonchev–Trinajstić information content (AvgIpc) is 3.08. The predicted octanol–water partition coefficient (Wildman–Crippen LogP) is 11.7. The molecule has 1 amide bonds. The number of carbonyl (C=O) groups is 1. The Balaban J connectivity index is 3.55. The predicted molar refractivity (Wildman–Crippen MR) is 207 cm³/mol. The summed E-state index contributed by atoms with van der Waals surface area (Å²) in [7, 11) is 0. The topological polar surface area (TPSA) is 69.6 Å². The van der Waals surface area contributed by atoms with Gasteiger partial charge >= 0.3 is 0 Å². The van der Waals surface area contributed by atoms with Gasteiger partial charge in [-0.3, -0.25) is 4.79 Å². The third kappa shape index (κ3) is 34.7. The molecule has 4 nitrogen and oxygen atoms in total. The fourth-order valence-electron chi connectivity index (χ4n) is 5.22. The number of allylic oxidation sites excluding steroid dienone is 14. The highest BCUT2D eigenvalue weighted by atomic mass is 16.3. The second kappa shape index (κ2) is 38.0. The molecule has 0 heterocycles. The molecule has 3 N–H and O–H groups in total. The average molecular weight is 652 g/mol. The van der Waals surface area contributed by atoms with E-state index in [1.165, 1.54) is 51.4 Å². The van der Waals surface area contributed by atoms with Crippen LogP contribution in [0.25, 0.3) is 0 Å². The summed E-state index contributed by atoms with van der Waals surface area (Å²) >= 11 is 0. The minimum absolute atomic E-state index is 0.0527. The molecule has 4 heteroatoms. The Morgan fingerprint density at radius 1 is 0.532 bits per heavy atom. The van der Waals surface area contributed by atoms with Crippen molar-refractivity contribution in [2.45, 2.75) is 174 Å². The molecule has 0 saturated heterocycles. The summed E-state index contributed by atoms with van der Waals surface area (Å²) in [5.74, 6) is -0.0527. The summed E-state index contributed by atoms with van der Waals surface area (Å²) in [4.78, 5) is 12.2. The van der Waals surface area contributed by atoms with Crippen molar-refractivity contribution in [3.63, 3.8) is 0 Å². The van der Waals surface area contributed by atoms with Crippen LogP contribution < -0.4 is 5.32 Å². The molecule has 0 aliphatic rings. The van der Waals surface area contributed by atoms with Gasteiger partial charge in [0.2, 0.25) is 5.91 Å². The van der Waals surface area contributed by atoms with Gasteiger partial charge < -0.3 is 15.5 Å². The van der Waals surface area contributed by atoms with E-state index in [2.05, 4.69) is 104 Å². The van der Waals surface area contributed by atoms with Crippen LogP contribution >= 0.6 is 0 Å². The van der Waals surface area contributed by atoms with E-state index < -0.39 is 12.1 Å². The standard InChI is InChI=1S/C43H73NO3/c1-3-5-7-9-10-11-12-13-14-15-16-17-18-19-20-21-22-23-24-25-26-27-28-29-30-31-32-33-34-35-37-39-43(47)44-41(40-45)42(46)38-36-8-6-4-2/h5,7,10-11,13-14,16-17,19-20,22-23,25-26,41-42,45-46H,3-4,6,8-9,12,15,18,21,24,27-40H2,1-2H3,(H,44,47)/b7-5-,11-10-,14-13-,17-16-,20-19-,23-22-,26-25-. The van der Waals surface area contributed by atoms with Crippen molar-refractivity contribution in [3.8, 4) is 0 Å². The number of amides is 1. The molecule has 0 rings (SSSR count). The molecule has 0 radical (unpaired) electrons. The summed E-state index contributed by atoms with van der Waals surface area (Å²) in [6, 6.07) is -0.540. The van der Waals surface area contributed by atoms with Gasteiger partial charge in [0.1, 0.15) is 0 Å². The monoisotopic (exact) mass is 652 g/mol. The van der Waals surface area contributed by atoms with Gasteiger partial charge in [-0.1, -0.05) is 170 Å². The van der Waals surface area contributed by atoms with Gasteiger partial charge in [0.25, 0.3) is 0 Å². The first kappa shape index (κ1) is 44.6. The van der Waals surface area contributed by atoms with Gasteiger partial charge in [0.15, 0.2) is 0 Å². The first-order chi connectivity index (χ1) is 23.2. The fourth-order valence-corrected chi connectivity index (χ4v) is 5.22. The van der Waals surface area contributed by atoms with Gasteiger partial charge in [-0.2, -0.15) is 0 Å². The van der Waals surface area contributed by atoms with E-state index in [4.69, 9.17) is 0 Å². The molecule has 0 aliphatic carbocycles. The maximum absolute atomic E-state index is 12.2. The molecule has 0 aromatic carbocycles. The van der Waals surface area contributed by atoms with Crippen molar-refractivity contribution in [1.29, 1.82) is 0 Å². The van der Waals surface area contributed by atoms with Crippen LogP contribution in [-0.2, 0) is 4.79 Å². The molecule has 2 atom stereocenters. The molecule has 0 aliphatic heterocycles. The zero-order valence-corrected chi connectivity index (χ0v) is 30.5. The lowest BCUT2D eigenvalue weighted by molar-refractivity contribution is -0.123. The van der Waals surface area contributed by atoms with Gasteiger partial charge in [-0.25, -0.2) is 0 Å². The fraction of sp³-hybridized carbons (Fsp3) is 0.651. The Kier molecular flexibility index (Phi) is 36.1. The molecule has 0 spiro atoms. The summed E-state index contributed by atoms with van der Waals surface area (Å²) < 4.78 is 0. The Bertz CT molecular complexity index is 879. The third-order valence-electron chi connectivity index (χ3n) is 8.17. The summed E-state index contributed by atoms with van der Waals surface area (Å²) in [6.07, 6.45) is 55.5. The lowest BCUT2D eigenvalue weighted by atomic mass is 10.0. The van der Waals surface area contributed by atoms with E-state index in [1.54, 1.807) is 0 Å². The number of nitrogens with one attached hydrogen (secondary N) is 1. The molecule has 0 bridgehead atoms. The van der Waals surface area contributed by atoms with Crippen molar-refractivity contribution in [3.05, 3.63) is 85.1 Å². The van der Waals surface area contributed by atoms with E-state index in [0.29, 0.717) is 12.8 Å². The summed E-state index contributed by atoms with van der Waals surface area (Å²) in [6.45, 7) is 4.11. The first-order valence-corrected chi connectivity index (χ1v) is 19.3. The highest BCUT2D eigenvalue weighted by Gasteiger charge is 2.19. The van der Waals surface area contributed by atoms with Gasteiger partial charge in [-0.15, -0.1) is 0 Å². The number of hydrogen-bond acceptors (Lipinski definition) is 3. The molecule has 0 aromatic rings. The third-order valence-corrected chi connectivity index (χ3v) is 8.17. The minimum atomic E-state index is -0.662. The highest BCUT2D eigenvalue weighted by Crippen LogP contribution is 2.13. The number of hydrogen-bond donors (Lipinski definition) is 3. The van der Waals surface area contributed by atoms with E-state index in [1.807, 2.05) is 0 Å². The largest absolute Gasteiger partial charge is 0.394 e. The van der Waals surface area contributed by atoms with E-state index in [9.17, 15) is 15.0 Å². The quantitative estimate of drug-likeness (QED) is 0.0488. The van der Waals surface area contributed by atoms with Crippen molar-refractivity contribution in [2.24, 2.45) is 0 Å². The number of aliphatic hydroxyl groups excluding tert-OH is 2. The Labute approximate surface area is 291 Å². The lowest BCUT2D eigenvalue weighted by Gasteiger charge is -2.22. The van der Waals surface area contributed by atoms with Crippen LogP contribution in [0.5, 0.6) is 0 Å². The molecule has 0 aromatic heterocycles. The van der Waals surface area contributed by atoms with E-state index >= 15 is 0 Å². The molecule has 47 heavy (non-hydrogen) atoms. The SMILES string of the molecule is CC/C=C\C/C=C\C/C=C\C/C=C\C/C=C\C/C=C\C/C=C\CCCCCCCCCCCC(=O)NC(CO)C(O)CCCCCC. The van der Waals surface area contributed by atoms with Crippen molar-refractivity contribution in [2.75, 3.05) is 6.61 Å². The van der Waals surface area contributed by atoms with Crippen LogP contribution in [0.3, 0.4) is 0 Å². The summed E-state index contributed by atoms with van der Waals surface area (Å²) in [5.41, 5.74) is 0. The van der Waals surface area contributed by atoms with E-state index in [0.717, 1.165) is 83.5 Å².